The summed E-state index contributed by atoms with van der Waals surface area (Å²) in [7, 11) is 0. The van der Waals surface area contributed by atoms with Gasteiger partial charge in [-0.15, -0.1) is 11.3 Å². The fourth-order valence-electron chi connectivity index (χ4n) is 3.56. The second-order valence-electron chi connectivity index (χ2n) is 6.80. The normalized spacial score (nSPS) is 14.7. The van der Waals surface area contributed by atoms with Gasteiger partial charge in [-0.1, -0.05) is 11.6 Å². The maximum absolute atomic E-state index is 12.6. The molecular weight excluding hydrogens is 368 g/mol. The molecule has 1 aliphatic carbocycles. The van der Waals surface area contributed by atoms with E-state index >= 15 is 0 Å². The quantitative estimate of drug-likeness (QED) is 0.656. The number of hydrogen-bond acceptors (Lipinski definition) is 4. The van der Waals surface area contributed by atoms with Gasteiger partial charge in [0.25, 0.3) is 5.56 Å². The first kappa shape index (κ1) is 17.3. The highest BCUT2D eigenvalue weighted by Crippen LogP contribution is 2.34. The fraction of sp³-hybridized carbons (Fsp3) is 0.300. The summed E-state index contributed by atoms with van der Waals surface area (Å²) in [4.78, 5) is 22.1. The average Bonchev–Trinajstić information content (AvgIpc) is 2.98. The van der Waals surface area contributed by atoms with Crippen molar-refractivity contribution in [3.63, 3.8) is 0 Å². The molecule has 0 radical (unpaired) electrons. The number of nitrogens with zero attached hydrogens (tertiary/aromatic N) is 1. The number of aromatic hydroxyl groups is 1. The third-order valence-electron chi connectivity index (χ3n) is 4.86. The number of aromatic amines is 1. The first-order valence-corrected chi connectivity index (χ1v) is 9.86. The Morgan fingerprint density at radius 2 is 1.96 bits per heavy atom. The lowest BCUT2D eigenvalue weighted by Gasteiger charge is -2.09. The van der Waals surface area contributed by atoms with Crippen LogP contribution in [0.15, 0.2) is 16.9 Å². The number of phenols is 1. The van der Waals surface area contributed by atoms with Crippen molar-refractivity contribution in [3.05, 3.63) is 55.4 Å². The molecule has 0 aliphatic heterocycles. The Labute approximate surface area is 160 Å². The van der Waals surface area contributed by atoms with Crippen LogP contribution in [0, 0.1) is 13.8 Å². The van der Waals surface area contributed by atoms with Crippen LogP contribution in [0.2, 0.25) is 0 Å². The van der Waals surface area contributed by atoms with Crippen LogP contribution in [0.1, 0.15) is 45.8 Å². The third kappa shape index (κ3) is 2.95. The minimum atomic E-state index is -0.117. The van der Waals surface area contributed by atoms with Crippen LogP contribution < -0.4 is 5.56 Å². The van der Waals surface area contributed by atoms with Crippen molar-refractivity contribution in [3.8, 4) is 5.75 Å². The zero-order valence-corrected chi connectivity index (χ0v) is 16.2. The molecule has 0 amide bonds. The summed E-state index contributed by atoms with van der Waals surface area (Å²) >= 11 is 8.06. The van der Waals surface area contributed by atoms with Gasteiger partial charge < -0.3 is 10.1 Å². The summed E-state index contributed by atoms with van der Waals surface area (Å²) in [6.45, 7) is 3.69. The molecule has 6 heteroatoms. The molecule has 0 bridgehead atoms. The van der Waals surface area contributed by atoms with Gasteiger partial charge in [-0.3, -0.25) is 4.79 Å². The Balaban J connectivity index is 1.80. The molecule has 1 aliphatic rings. The van der Waals surface area contributed by atoms with E-state index in [0.29, 0.717) is 10.9 Å². The first-order valence-electron chi connectivity index (χ1n) is 8.66. The van der Waals surface area contributed by atoms with E-state index in [1.807, 2.05) is 26.0 Å². The third-order valence-corrected chi connectivity index (χ3v) is 6.33. The van der Waals surface area contributed by atoms with E-state index in [0.717, 1.165) is 46.2 Å². The van der Waals surface area contributed by atoms with E-state index in [2.05, 4.69) is 9.97 Å². The van der Waals surface area contributed by atoms with Crippen molar-refractivity contribution in [2.45, 2.75) is 39.5 Å². The van der Waals surface area contributed by atoms with Crippen molar-refractivity contribution < 1.29 is 5.11 Å². The summed E-state index contributed by atoms with van der Waals surface area (Å²) in [5.41, 5.74) is 3.47. The molecular formula is C20H19ClN2O2S. The van der Waals surface area contributed by atoms with Crippen molar-refractivity contribution in [1.82, 2.24) is 9.97 Å². The number of halogens is 1. The van der Waals surface area contributed by atoms with Gasteiger partial charge in [0.1, 0.15) is 10.6 Å². The van der Waals surface area contributed by atoms with Crippen LogP contribution in [0.25, 0.3) is 21.3 Å². The SMILES string of the molecule is Cc1cc(/C=C(\Cl)c2nc3sc4c(c3c(=O)[nH]2)CCCC4)cc(C)c1O. The lowest BCUT2D eigenvalue weighted by Crippen LogP contribution is -2.12. The van der Waals surface area contributed by atoms with Crippen LogP contribution in [0.4, 0.5) is 0 Å². The Bertz CT molecular complexity index is 1090. The lowest BCUT2D eigenvalue weighted by atomic mass is 9.97. The minimum Gasteiger partial charge on any atom is -0.507 e. The number of phenolic OH excluding ortho intramolecular Hbond substituents is 1. The Kier molecular flexibility index (Phi) is 4.37. The molecule has 2 N–H and O–H groups in total. The second-order valence-corrected chi connectivity index (χ2v) is 8.29. The van der Waals surface area contributed by atoms with Gasteiger partial charge >= 0.3 is 0 Å². The maximum atomic E-state index is 12.6. The minimum absolute atomic E-state index is 0.117. The standard InChI is InChI=1S/C20H19ClN2O2S/c1-10-7-12(8-11(2)17(10)24)9-14(21)18-22-19(25)16-13-5-3-4-6-15(13)26-20(16)23-18/h7-9,24H,3-6H2,1-2H3,(H,22,23,25)/b14-9-. The topological polar surface area (TPSA) is 66.0 Å². The molecule has 4 nitrogen and oxygen atoms in total. The molecule has 0 unspecified atom stereocenters. The number of fused-ring (bicyclic) bond motifs is 3. The van der Waals surface area contributed by atoms with Gasteiger partial charge in [-0.05, 0) is 80.0 Å². The molecule has 0 atom stereocenters. The molecule has 2 aromatic heterocycles. The Morgan fingerprint density at radius 1 is 1.27 bits per heavy atom. The highest BCUT2D eigenvalue weighted by atomic mass is 35.5. The molecule has 3 aromatic rings. The molecule has 0 saturated carbocycles. The Hall–Kier alpha value is -2.11. The summed E-state index contributed by atoms with van der Waals surface area (Å²) < 4.78 is 0. The summed E-state index contributed by atoms with van der Waals surface area (Å²) in [5.74, 6) is 0.668. The smallest absolute Gasteiger partial charge is 0.260 e. The number of aryl methyl sites for hydroxylation is 4. The van der Waals surface area contributed by atoms with Gasteiger partial charge in [-0.25, -0.2) is 4.98 Å². The number of nitrogens with one attached hydrogen (secondary N) is 1. The van der Waals surface area contributed by atoms with Gasteiger partial charge in [-0.2, -0.15) is 0 Å². The van der Waals surface area contributed by atoms with E-state index < -0.39 is 0 Å². The molecule has 0 spiro atoms. The van der Waals surface area contributed by atoms with Crippen molar-refractivity contribution >= 4 is 44.3 Å². The largest absolute Gasteiger partial charge is 0.507 e. The number of aromatic nitrogens is 2. The predicted molar refractivity (Wildman–Crippen MR) is 108 cm³/mol. The number of H-pyrrole nitrogens is 1. The first-order chi connectivity index (χ1) is 12.4. The van der Waals surface area contributed by atoms with E-state index in [1.54, 1.807) is 17.4 Å². The molecule has 134 valence electrons. The van der Waals surface area contributed by atoms with Gasteiger partial charge in [0.2, 0.25) is 0 Å². The predicted octanol–water partition coefficient (Wildman–Crippen LogP) is 4.92. The van der Waals surface area contributed by atoms with Crippen molar-refractivity contribution in [2.24, 2.45) is 0 Å². The molecule has 0 saturated heterocycles. The van der Waals surface area contributed by atoms with Gasteiger partial charge in [0.05, 0.1) is 10.4 Å². The highest BCUT2D eigenvalue weighted by molar-refractivity contribution is 7.18. The summed E-state index contributed by atoms with van der Waals surface area (Å²) in [6, 6.07) is 3.70. The molecule has 4 rings (SSSR count). The van der Waals surface area contributed by atoms with E-state index in [9.17, 15) is 9.90 Å². The monoisotopic (exact) mass is 386 g/mol. The fourth-order valence-corrected chi connectivity index (χ4v) is 5.04. The lowest BCUT2D eigenvalue weighted by molar-refractivity contribution is 0.467. The number of rotatable bonds is 2. The van der Waals surface area contributed by atoms with Gasteiger partial charge in [0, 0.05) is 4.88 Å². The molecule has 1 aromatic carbocycles. The second kappa shape index (κ2) is 6.56. The Morgan fingerprint density at radius 3 is 2.69 bits per heavy atom. The maximum Gasteiger partial charge on any atom is 0.260 e. The van der Waals surface area contributed by atoms with Crippen LogP contribution in [-0.2, 0) is 12.8 Å². The molecule has 0 fully saturated rings. The van der Waals surface area contributed by atoms with Gasteiger partial charge in [0.15, 0.2) is 5.82 Å². The van der Waals surface area contributed by atoms with E-state index in [-0.39, 0.29) is 11.3 Å². The summed E-state index contributed by atoms with van der Waals surface area (Å²) in [5, 5.41) is 11.0. The van der Waals surface area contributed by atoms with Crippen LogP contribution in [0.5, 0.6) is 5.75 Å². The summed E-state index contributed by atoms with van der Waals surface area (Å²) in [6.07, 6.45) is 6.04. The average molecular weight is 387 g/mol. The highest BCUT2D eigenvalue weighted by Gasteiger charge is 2.20. The van der Waals surface area contributed by atoms with Crippen LogP contribution in [-0.4, -0.2) is 15.1 Å². The number of benzene rings is 1. The van der Waals surface area contributed by atoms with E-state index in [1.165, 1.54) is 16.9 Å². The number of hydrogen-bond donors (Lipinski definition) is 2. The van der Waals surface area contributed by atoms with Crippen molar-refractivity contribution in [2.75, 3.05) is 0 Å². The zero-order chi connectivity index (χ0) is 18.4. The van der Waals surface area contributed by atoms with Crippen LogP contribution >= 0.6 is 22.9 Å². The molecule has 2 heterocycles. The molecule has 26 heavy (non-hydrogen) atoms. The van der Waals surface area contributed by atoms with Crippen LogP contribution in [0.3, 0.4) is 0 Å². The van der Waals surface area contributed by atoms with E-state index in [4.69, 9.17) is 11.6 Å². The number of thiophene rings is 1. The zero-order valence-electron chi connectivity index (χ0n) is 14.6. The van der Waals surface area contributed by atoms with Crippen molar-refractivity contribution in [1.29, 1.82) is 0 Å².